The number of rotatable bonds is 1. The molecule has 0 radical (unpaired) electrons. The summed E-state index contributed by atoms with van der Waals surface area (Å²) >= 11 is 0. The molecule has 0 aromatic heterocycles. The zero-order chi connectivity index (χ0) is 8.06. The first-order valence-electron chi connectivity index (χ1n) is 4.05. The molecule has 2 N–H and O–H groups in total. The maximum absolute atomic E-state index is 10.5. The summed E-state index contributed by atoms with van der Waals surface area (Å²) in [5.74, 6) is -0.834. The van der Waals surface area contributed by atoms with Crippen LogP contribution in [0.3, 0.4) is 0 Å². The van der Waals surface area contributed by atoms with E-state index in [9.17, 15) is 9.90 Å². The molecule has 3 nitrogen and oxygen atoms in total. The van der Waals surface area contributed by atoms with Gasteiger partial charge in [-0.05, 0) is 31.1 Å². The molecule has 0 aromatic carbocycles. The van der Waals surface area contributed by atoms with E-state index in [4.69, 9.17) is 5.11 Å². The van der Waals surface area contributed by atoms with Crippen molar-refractivity contribution in [3.8, 4) is 0 Å². The van der Waals surface area contributed by atoms with Crippen LogP contribution >= 0.6 is 0 Å². The second-order valence-corrected chi connectivity index (χ2v) is 3.85. The summed E-state index contributed by atoms with van der Waals surface area (Å²) in [6, 6.07) is 0. The van der Waals surface area contributed by atoms with E-state index >= 15 is 0 Å². The van der Waals surface area contributed by atoms with Crippen LogP contribution in [0.4, 0.5) is 0 Å². The molecule has 2 fully saturated rings. The minimum atomic E-state index is -0.681. The molecule has 3 atom stereocenters. The van der Waals surface area contributed by atoms with E-state index in [1.165, 1.54) is 0 Å². The zero-order valence-electron chi connectivity index (χ0n) is 6.29. The van der Waals surface area contributed by atoms with E-state index < -0.39 is 5.97 Å². The van der Waals surface area contributed by atoms with Gasteiger partial charge in [-0.25, -0.2) is 0 Å². The van der Waals surface area contributed by atoms with Crippen LogP contribution in [0.2, 0.25) is 0 Å². The number of hydrogen-bond donors (Lipinski definition) is 2. The highest BCUT2D eigenvalue weighted by atomic mass is 16.4. The van der Waals surface area contributed by atoms with Gasteiger partial charge >= 0.3 is 5.97 Å². The lowest BCUT2D eigenvalue weighted by Crippen LogP contribution is -2.08. The third-order valence-corrected chi connectivity index (χ3v) is 3.11. The van der Waals surface area contributed by atoms with Crippen molar-refractivity contribution in [2.75, 3.05) is 0 Å². The van der Waals surface area contributed by atoms with E-state index in [1.807, 2.05) is 0 Å². The topological polar surface area (TPSA) is 57.5 Å². The Hall–Kier alpha value is -0.570. The fourth-order valence-electron chi connectivity index (χ4n) is 2.33. The van der Waals surface area contributed by atoms with Gasteiger partial charge < -0.3 is 10.2 Å². The third-order valence-electron chi connectivity index (χ3n) is 3.11. The molecule has 62 valence electrons. The molecule has 2 saturated carbocycles. The fourth-order valence-corrected chi connectivity index (χ4v) is 2.33. The summed E-state index contributed by atoms with van der Waals surface area (Å²) in [5, 5.41) is 17.9. The van der Waals surface area contributed by atoms with Crippen LogP contribution in [0.25, 0.3) is 0 Å². The summed E-state index contributed by atoms with van der Waals surface area (Å²) in [7, 11) is 0. The molecule has 11 heavy (non-hydrogen) atoms. The van der Waals surface area contributed by atoms with Gasteiger partial charge in [-0.3, -0.25) is 4.79 Å². The van der Waals surface area contributed by atoms with Gasteiger partial charge in [0.1, 0.15) is 0 Å². The summed E-state index contributed by atoms with van der Waals surface area (Å²) in [6.45, 7) is 0. The monoisotopic (exact) mass is 156 g/mol. The zero-order valence-corrected chi connectivity index (χ0v) is 6.29. The highest BCUT2D eigenvalue weighted by Gasteiger charge is 2.60. The summed E-state index contributed by atoms with van der Waals surface area (Å²) in [5.41, 5.74) is 0.00521. The maximum Gasteiger partial charge on any atom is 0.307 e. The molecule has 2 aliphatic rings. The lowest BCUT2D eigenvalue weighted by atomic mass is 10.0. The predicted molar refractivity (Wildman–Crippen MR) is 38.0 cm³/mol. The number of aliphatic hydroxyl groups is 1. The first kappa shape index (κ1) is 7.10. The van der Waals surface area contributed by atoms with Crippen LogP contribution in [0.15, 0.2) is 0 Å². The van der Waals surface area contributed by atoms with Crippen molar-refractivity contribution in [3.05, 3.63) is 0 Å². The fraction of sp³-hybridized carbons (Fsp3) is 0.875. The van der Waals surface area contributed by atoms with Gasteiger partial charge in [0, 0.05) is 0 Å². The van der Waals surface area contributed by atoms with Crippen molar-refractivity contribution >= 4 is 5.97 Å². The van der Waals surface area contributed by atoms with Crippen LogP contribution < -0.4 is 0 Å². The first-order chi connectivity index (χ1) is 5.14. The number of carboxylic acids is 1. The van der Waals surface area contributed by atoms with Crippen molar-refractivity contribution in [3.63, 3.8) is 0 Å². The normalized spacial score (nSPS) is 48.1. The Morgan fingerprint density at radius 3 is 2.55 bits per heavy atom. The molecule has 2 aliphatic carbocycles. The quantitative estimate of drug-likeness (QED) is 0.585. The Morgan fingerprint density at radius 1 is 1.45 bits per heavy atom. The average Bonchev–Trinajstić information content (AvgIpc) is 2.48. The van der Waals surface area contributed by atoms with Gasteiger partial charge in [0.25, 0.3) is 0 Å². The second kappa shape index (κ2) is 1.97. The highest BCUT2D eigenvalue weighted by molar-refractivity contribution is 5.74. The summed E-state index contributed by atoms with van der Waals surface area (Å²) in [6.07, 6.45) is 2.97. The Morgan fingerprint density at radius 2 is 2.18 bits per heavy atom. The first-order valence-corrected chi connectivity index (χ1v) is 4.05. The third kappa shape index (κ3) is 0.948. The number of aliphatic hydroxyl groups excluding tert-OH is 1. The molecular formula is C8H12O3. The van der Waals surface area contributed by atoms with Crippen LogP contribution in [0.5, 0.6) is 0 Å². The van der Waals surface area contributed by atoms with Gasteiger partial charge in [-0.15, -0.1) is 0 Å². The SMILES string of the molecule is O=C(O)C1CC12CCC(O)C2. The minimum Gasteiger partial charge on any atom is -0.481 e. The largest absolute Gasteiger partial charge is 0.481 e. The van der Waals surface area contributed by atoms with Gasteiger partial charge in [-0.1, -0.05) is 0 Å². The molecule has 0 amide bonds. The summed E-state index contributed by atoms with van der Waals surface area (Å²) in [4.78, 5) is 10.5. The van der Waals surface area contributed by atoms with Crippen molar-refractivity contribution in [2.24, 2.45) is 11.3 Å². The molecule has 0 heterocycles. The van der Waals surface area contributed by atoms with Crippen LogP contribution in [-0.2, 0) is 4.79 Å². The van der Waals surface area contributed by atoms with Crippen molar-refractivity contribution in [2.45, 2.75) is 31.8 Å². The Labute approximate surface area is 65.0 Å². The molecular weight excluding hydrogens is 144 g/mol. The van der Waals surface area contributed by atoms with Gasteiger partial charge in [0.05, 0.1) is 12.0 Å². The van der Waals surface area contributed by atoms with Gasteiger partial charge in [0.15, 0.2) is 0 Å². The predicted octanol–water partition coefficient (Wildman–Crippen LogP) is 0.622. The number of aliphatic carboxylic acids is 1. The van der Waals surface area contributed by atoms with Crippen molar-refractivity contribution in [1.29, 1.82) is 0 Å². The van der Waals surface area contributed by atoms with E-state index in [0.29, 0.717) is 6.42 Å². The highest BCUT2D eigenvalue weighted by Crippen LogP contribution is 2.62. The molecule has 0 aliphatic heterocycles. The van der Waals surface area contributed by atoms with Crippen LogP contribution in [0, 0.1) is 11.3 Å². The molecule has 3 heteroatoms. The van der Waals surface area contributed by atoms with Crippen LogP contribution in [0.1, 0.15) is 25.7 Å². The lowest BCUT2D eigenvalue weighted by Gasteiger charge is -2.04. The minimum absolute atomic E-state index is 0.00521. The smallest absolute Gasteiger partial charge is 0.307 e. The van der Waals surface area contributed by atoms with E-state index in [0.717, 1.165) is 19.3 Å². The average molecular weight is 156 g/mol. The molecule has 1 spiro atoms. The van der Waals surface area contributed by atoms with Crippen molar-refractivity contribution < 1.29 is 15.0 Å². The molecule has 0 saturated heterocycles. The number of hydrogen-bond acceptors (Lipinski definition) is 2. The van der Waals surface area contributed by atoms with Gasteiger partial charge in [0.2, 0.25) is 0 Å². The van der Waals surface area contributed by atoms with E-state index in [-0.39, 0.29) is 17.4 Å². The molecule has 0 bridgehead atoms. The lowest BCUT2D eigenvalue weighted by molar-refractivity contribution is -0.139. The number of carboxylic acid groups (broad SMARTS) is 1. The van der Waals surface area contributed by atoms with E-state index in [2.05, 4.69) is 0 Å². The molecule has 2 rings (SSSR count). The summed E-state index contributed by atoms with van der Waals surface area (Å²) < 4.78 is 0. The van der Waals surface area contributed by atoms with Crippen molar-refractivity contribution in [1.82, 2.24) is 0 Å². The molecule has 3 unspecified atom stereocenters. The molecule has 0 aromatic rings. The van der Waals surface area contributed by atoms with E-state index in [1.54, 1.807) is 0 Å². The number of carbonyl (C=O) groups is 1. The second-order valence-electron chi connectivity index (χ2n) is 3.85. The maximum atomic E-state index is 10.5. The Bertz CT molecular complexity index is 202. The Balaban J connectivity index is 2.02. The standard InChI is InChI=1S/C8H12O3/c9-5-1-2-8(3-5)4-6(8)7(10)11/h5-6,9H,1-4H2,(H,10,11). The van der Waals surface area contributed by atoms with Crippen LogP contribution in [-0.4, -0.2) is 22.3 Å². The van der Waals surface area contributed by atoms with Gasteiger partial charge in [-0.2, -0.15) is 0 Å². The Kier molecular flexibility index (Phi) is 1.27.